The molecular weight excluding hydrogens is 210 g/mol. The second-order valence-electron chi connectivity index (χ2n) is 4.37. The highest BCUT2D eigenvalue weighted by Gasteiger charge is 2.27. The van der Waals surface area contributed by atoms with Gasteiger partial charge in [-0.1, -0.05) is 0 Å². The van der Waals surface area contributed by atoms with Crippen molar-refractivity contribution in [3.63, 3.8) is 0 Å². The number of carboxylic acid groups (broad SMARTS) is 1. The zero-order valence-electron chi connectivity index (χ0n) is 10.3. The molecule has 0 aliphatic rings. The number of carbonyl (C=O) groups excluding carboxylic acids is 1. The van der Waals surface area contributed by atoms with Crippen molar-refractivity contribution in [3.8, 4) is 0 Å². The number of carbonyl (C=O) groups is 2. The average Bonchev–Trinajstić information content (AvgIpc) is 2.22. The normalized spacial score (nSPS) is 11.0. The number of urea groups is 1. The van der Waals surface area contributed by atoms with Crippen LogP contribution >= 0.6 is 0 Å². The number of likely N-dealkylation sites (N-methyl/N-ethyl adjacent to an activating group) is 2. The van der Waals surface area contributed by atoms with Gasteiger partial charge in [0.2, 0.25) is 0 Å². The Kier molecular flexibility index (Phi) is 5.81. The summed E-state index contributed by atoms with van der Waals surface area (Å²) in [6.45, 7) is 4.54. The molecule has 94 valence electrons. The zero-order valence-corrected chi connectivity index (χ0v) is 10.3. The highest BCUT2D eigenvalue weighted by Crippen LogP contribution is 2.12. The molecule has 0 saturated carbocycles. The van der Waals surface area contributed by atoms with Crippen LogP contribution in [-0.4, -0.2) is 55.7 Å². The van der Waals surface area contributed by atoms with Gasteiger partial charge in [0, 0.05) is 26.7 Å². The third-order valence-electron chi connectivity index (χ3n) is 2.30. The van der Waals surface area contributed by atoms with Crippen molar-refractivity contribution in [2.45, 2.75) is 13.8 Å². The third kappa shape index (κ3) is 4.97. The predicted molar refractivity (Wildman–Crippen MR) is 61.4 cm³/mol. The van der Waals surface area contributed by atoms with Crippen LogP contribution < -0.4 is 10.6 Å². The molecule has 0 aromatic carbocycles. The Morgan fingerprint density at radius 3 is 2.38 bits per heavy atom. The highest BCUT2D eigenvalue weighted by atomic mass is 16.4. The van der Waals surface area contributed by atoms with Gasteiger partial charge in [0.25, 0.3) is 0 Å². The Bertz CT molecular complexity index is 254. The number of hydrogen-bond donors (Lipinski definition) is 3. The quantitative estimate of drug-likeness (QED) is 0.599. The Labute approximate surface area is 96.0 Å². The summed E-state index contributed by atoms with van der Waals surface area (Å²) in [5.74, 6) is -0.925. The van der Waals surface area contributed by atoms with Crippen molar-refractivity contribution in [1.82, 2.24) is 15.5 Å². The van der Waals surface area contributed by atoms with Gasteiger partial charge >= 0.3 is 12.0 Å². The van der Waals surface area contributed by atoms with Crippen molar-refractivity contribution in [3.05, 3.63) is 0 Å². The molecule has 0 rings (SSSR count). The molecule has 0 unspecified atom stereocenters. The minimum absolute atomic E-state index is 0.116. The molecule has 0 heterocycles. The minimum Gasteiger partial charge on any atom is -0.481 e. The second kappa shape index (κ2) is 6.32. The van der Waals surface area contributed by atoms with Gasteiger partial charge in [0.05, 0.1) is 5.41 Å². The number of hydrogen-bond acceptors (Lipinski definition) is 3. The van der Waals surface area contributed by atoms with Gasteiger partial charge < -0.3 is 20.6 Å². The Balaban J connectivity index is 4.02. The molecule has 0 saturated heterocycles. The lowest BCUT2D eigenvalue weighted by Gasteiger charge is -2.23. The molecule has 0 radical (unpaired) electrons. The van der Waals surface area contributed by atoms with E-state index in [0.29, 0.717) is 13.1 Å². The van der Waals surface area contributed by atoms with Crippen LogP contribution in [0.25, 0.3) is 0 Å². The van der Waals surface area contributed by atoms with Crippen LogP contribution in [0.15, 0.2) is 0 Å². The maximum absolute atomic E-state index is 11.5. The summed E-state index contributed by atoms with van der Waals surface area (Å²) in [4.78, 5) is 23.8. The molecule has 6 heteroatoms. The van der Waals surface area contributed by atoms with Crippen LogP contribution in [0.1, 0.15) is 13.8 Å². The molecule has 0 aromatic heterocycles. The van der Waals surface area contributed by atoms with E-state index in [4.69, 9.17) is 5.11 Å². The van der Waals surface area contributed by atoms with E-state index in [1.165, 1.54) is 4.90 Å². The Hall–Kier alpha value is -1.30. The number of rotatable bonds is 6. The first-order valence-electron chi connectivity index (χ1n) is 5.18. The smallest absolute Gasteiger partial charge is 0.317 e. The van der Waals surface area contributed by atoms with Crippen molar-refractivity contribution < 1.29 is 14.7 Å². The van der Waals surface area contributed by atoms with Crippen molar-refractivity contribution in [2.24, 2.45) is 5.41 Å². The zero-order chi connectivity index (χ0) is 12.8. The second-order valence-corrected chi connectivity index (χ2v) is 4.37. The largest absolute Gasteiger partial charge is 0.481 e. The summed E-state index contributed by atoms with van der Waals surface area (Å²) in [7, 11) is 3.47. The van der Waals surface area contributed by atoms with Gasteiger partial charge in [-0.15, -0.1) is 0 Å². The summed E-state index contributed by atoms with van der Waals surface area (Å²) in [5.41, 5.74) is -0.945. The summed E-state index contributed by atoms with van der Waals surface area (Å²) in [6, 6.07) is -0.260. The van der Waals surface area contributed by atoms with E-state index in [-0.39, 0.29) is 12.6 Å². The molecule has 6 nitrogen and oxygen atoms in total. The first kappa shape index (κ1) is 14.7. The first-order valence-corrected chi connectivity index (χ1v) is 5.18. The molecule has 0 bridgehead atoms. The fourth-order valence-corrected chi connectivity index (χ4v) is 0.888. The summed E-state index contributed by atoms with van der Waals surface area (Å²) in [5, 5.41) is 14.4. The molecule has 0 aromatic rings. The van der Waals surface area contributed by atoms with Crippen LogP contribution in [0.5, 0.6) is 0 Å². The maximum atomic E-state index is 11.5. The van der Waals surface area contributed by atoms with E-state index in [1.54, 1.807) is 27.9 Å². The lowest BCUT2D eigenvalue weighted by atomic mass is 9.94. The number of carboxylic acids is 1. The molecule has 3 N–H and O–H groups in total. The van der Waals surface area contributed by atoms with Gasteiger partial charge in [-0.05, 0) is 20.9 Å². The lowest BCUT2D eigenvalue weighted by molar-refractivity contribution is -0.146. The monoisotopic (exact) mass is 231 g/mol. The summed E-state index contributed by atoms with van der Waals surface area (Å²) < 4.78 is 0. The van der Waals surface area contributed by atoms with Crippen molar-refractivity contribution in [1.29, 1.82) is 0 Å². The first-order chi connectivity index (χ1) is 7.31. The van der Waals surface area contributed by atoms with Gasteiger partial charge in [0.15, 0.2) is 0 Å². The Morgan fingerprint density at radius 1 is 1.38 bits per heavy atom. The molecule has 2 amide bonds. The number of nitrogens with one attached hydrogen (secondary N) is 2. The highest BCUT2D eigenvalue weighted by molar-refractivity contribution is 5.77. The Morgan fingerprint density at radius 2 is 1.94 bits per heavy atom. The van der Waals surface area contributed by atoms with Gasteiger partial charge in [-0.2, -0.15) is 0 Å². The van der Waals surface area contributed by atoms with Gasteiger partial charge in [-0.3, -0.25) is 4.79 Å². The van der Waals surface area contributed by atoms with Gasteiger partial charge in [-0.25, -0.2) is 4.79 Å². The average molecular weight is 231 g/mol. The summed E-state index contributed by atoms with van der Waals surface area (Å²) in [6.07, 6.45) is 0. The topological polar surface area (TPSA) is 81.7 Å². The molecule has 0 spiro atoms. The van der Waals surface area contributed by atoms with Gasteiger partial charge in [0.1, 0.15) is 0 Å². The van der Waals surface area contributed by atoms with E-state index >= 15 is 0 Å². The van der Waals surface area contributed by atoms with E-state index in [1.807, 2.05) is 0 Å². The van der Waals surface area contributed by atoms with Crippen LogP contribution in [0.4, 0.5) is 4.79 Å². The van der Waals surface area contributed by atoms with E-state index < -0.39 is 11.4 Å². The third-order valence-corrected chi connectivity index (χ3v) is 2.30. The maximum Gasteiger partial charge on any atom is 0.317 e. The lowest BCUT2D eigenvalue weighted by Crippen LogP contribution is -2.45. The molecule has 0 fully saturated rings. The standard InChI is InChI=1S/C10H21N3O3/c1-10(2,8(14)15)7-12-9(16)13(4)6-5-11-3/h11H,5-7H2,1-4H3,(H,12,16)(H,14,15). The van der Waals surface area contributed by atoms with Crippen LogP contribution in [0.2, 0.25) is 0 Å². The molecule has 0 aliphatic carbocycles. The van der Waals surface area contributed by atoms with E-state index in [9.17, 15) is 9.59 Å². The molecule has 16 heavy (non-hydrogen) atoms. The molecule has 0 aliphatic heterocycles. The molecular formula is C10H21N3O3. The van der Waals surface area contributed by atoms with Crippen LogP contribution in [-0.2, 0) is 4.79 Å². The van der Waals surface area contributed by atoms with E-state index in [0.717, 1.165) is 0 Å². The fourth-order valence-electron chi connectivity index (χ4n) is 0.888. The van der Waals surface area contributed by atoms with Crippen LogP contribution in [0.3, 0.4) is 0 Å². The number of amides is 2. The molecule has 0 atom stereocenters. The van der Waals surface area contributed by atoms with Crippen LogP contribution in [0, 0.1) is 5.41 Å². The van der Waals surface area contributed by atoms with Crippen molar-refractivity contribution >= 4 is 12.0 Å². The SMILES string of the molecule is CNCCN(C)C(=O)NCC(C)(C)C(=O)O. The minimum atomic E-state index is -0.945. The predicted octanol–water partition coefficient (Wildman–Crippen LogP) is -0.0420. The number of nitrogens with zero attached hydrogens (tertiary/aromatic N) is 1. The summed E-state index contributed by atoms with van der Waals surface area (Å²) >= 11 is 0. The fraction of sp³-hybridized carbons (Fsp3) is 0.800. The van der Waals surface area contributed by atoms with E-state index in [2.05, 4.69) is 10.6 Å². The number of aliphatic carboxylic acids is 1. The van der Waals surface area contributed by atoms with Crippen molar-refractivity contribution in [2.75, 3.05) is 33.7 Å².